The van der Waals surface area contributed by atoms with E-state index in [-0.39, 0.29) is 17.1 Å². The first-order chi connectivity index (χ1) is 11.2. The first kappa shape index (κ1) is 17.4. The summed E-state index contributed by atoms with van der Waals surface area (Å²) in [5.74, 6) is 0.253. The molecule has 1 aromatic rings. The molecule has 2 fully saturated rings. The monoisotopic (exact) mass is 330 g/mol. The lowest BCUT2D eigenvalue weighted by atomic mass is 9.53. The van der Waals surface area contributed by atoms with Gasteiger partial charge < -0.3 is 14.9 Å². The lowest BCUT2D eigenvalue weighted by Crippen LogP contribution is -2.65. The third-order valence-electron chi connectivity index (χ3n) is 6.53. The fraction of sp³-hybridized carbons (Fsp3) is 0.650. The highest BCUT2D eigenvalue weighted by Crippen LogP contribution is 2.56. The summed E-state index contributed by atoms with van der Waals surface area (Å²) in [7, 11) is 6.17. The van der Waals surface area contributed by atoms with Crippen LogP contribution in [-0.4, -0.2) is 55.1 Å². The third kappa shape index (κ3) is 2.66. The number of ketones is 1. The lowest BCUT2D eigenvalue weighted by Gasteiger charge is -2.59. The molecule has 1 aliphatic carbocycles. The summed E-state index contributed by atoms with van der Waals surface area (Å²) < 4.78 is 0. The van der Waals surface area contributed by atoms with Crippen LogP contribution in [0, 0.1) is 5.41 Å². The van der Waals surface area contributed by atoms with Crippen LogP contribution in [0.15, 0.2) is 24.3 Å². The Labute approximate surface area is 145 Å². The van der Waals surface area contributed by atoms with E-state index in [4.69, 9.17) is 0 Å². The Balaban J connectivity index is 2.00. The fourth-order valence-corrected chi connectivity index (χ4v) is 4.75. The minimum absolute atomic E-state index is 0.0647. The van der Waals surface area contributed by atoms with Crippen molar-refractivity contribution in [3.05, 3.63) is 29.8 Å². The molecule has 0 spiro atoms. The zero-order valence-electron chi connectivity index (χ0n) is 15.5. The van der Waals surface area contributed by atoms with Gasteiger partial charge in [-0.25, -0.2) is 0 Å². The average Bonchev–Trinajstić information content (AvgIpc) is 2.50. The van der Waals surface area contributed by atoms with Crippen molar-refractivity contribution in [2.45, 2.75) is 50.7 Å². The van der Waals surface area contributed by atoms with E-state index in [1.807, 2.05) is 14.1 Å². The van der Waals surface area contributed by atoms with Crippen LogP contribution in [0.3, 0.4) is 0 Å². The molecule has 4 heteroatoms. The summed E-state index contributed by atoms with van der Waals surface area (Å²) in [6.07, 6.45) is 1.49. The summed E-state index contributed by atoms with van der Waals surface area (Å²) in [5.41, 5.74) is 1.11. The largest absolute Gasteiger partial charge is 0.389 e. The van der Waals surface area contributed by atoms with Gasteiger partial charge in [0.1, 0.15) is 5.78 Å². The van der Waals surface area contributed by atoms with Gasteiger partial charge in [0.25, 0.3) is 0 Å². The second kappa shape index (κ2) is 5.85. The highest BCUT2D eigenvalue weighted by Gasteiger charge is 2.59. The number of likely N-dealkylation sites (tertiary alicyclic amines) is 1. The smallest absolute Gasteiger partial charge is 0.136 e. The molecule has 24 heavy (non-hydrogen) atoms. The highest BCUT2D eigenvalue weighted by molar-refractivity contribution is 5.82. The number of rotatable bonds is 2. The van der Waals surface area contributed by atoms with E-state index >= 15 is 0 Å². The van der Waals surface area contributed by atoms with E-state index in [9.17, 15) is 9.90 Å². The molecular formula is C20H30N2O2. The SMILES string of the molecule is CC1CC2(O)CC(=O)CC(c3ccc(N(C)C)cc3)C2(C)CN1C. The molecule has 1 N–H and O–H groups in total. The lowest BCUT2D eigenvalue weighted by molar-refractivity contribution is -0.176. The van der Waals surface area contributed by atoms with Crippen molar-refractivity contribution in [2.75, 3.05) is 32.6 Å². The summed E-state index contributed by atoms with van der Waals surface area (Å²) in [6, 6.07) is 8.76. The Kier molecular flexibility index (Phi) is 4.25. The standard InChI is InChI=1S/C20H30N2O2/c1-14-11-20(24)12-17(23)10-18(19(20,2)13-22(14)5)15-6-8-16(9-7-15)21(3)4/h6-9,14,18,24H,10-13H2,1-5H3. The minimum Gasteiger partial charge on any atom is -0.389 e. The summed E-state index contributed by atoms with van der Waals surface area (Å²) in [5, 5.41) is 11.4. The molecule has 0 amide bonds. The van der Waals surface area contributed by atoms with Crippen LogP contribution in [0.1, 0.15) is 44.6 Å². The number of hydrogen-bond acceptors (Lipinski definition) is 4. The number of fused-ring (bicyclic) bond motifs is 1. The van der Waals surface area contributed by atoms with Gasteiger partial charge in [0, 0.05) is 56.5 Å². The molecule has 2 aliphatic rings. The molecule has 4 nitrogen and oxygen atoms in total. The van der Waals surface area contributed by atoms with Gasteiger partial charge in [-0.3, -0.25) is 4.79 Å². The van der Waals surface area contributed by atoms with Gasteiger partial charge in [-0.15, -0.1) is 0 Å². The Bertz CT molecular complexity index is 627. The molecule has 0 bridgehead atoms. The van der Waals surface area contributed by atoms with Crippen LogP contribution in [-0.2, 0) is 4.79 Å². The fourth-order valence-electron chi connectivity index (χ4n) is 4.75. The first-order valence-corrected chi connectivity index (χ1v) is 8.88. The Morgan fingerprint density at radius 2 is 1.88 bits per heavy atom. The molecule has 1 saturated heterocycles. The molecule has 1 heterocycles. The van der Waals surface area contributed by atoms with Crippen molar-refractivity contribution >= 4 is 11.5 Å². The van der Waals surface area contributed by atoms with E-state index in [1.165, 1.54) is 0 Å². The molecule has 3 rings (SSSR count). The quantitative estimate of drug-likeness (QED) is 0.905. The number of carbonyl (C=O) groups is 1. The topological polar surface area (TPSA) is 43.8 Å². The molecule has 1 aromatic carbocycles. The van der Waals surface area contributed by atoms with E-state index in [0.29, 0.717) is 25.3 Å². The molecule has 4 unspecified atom stereocenters. The minimum atomic E-state index is -0.904. The van der Waals surface area contributed by atoms with Gasteiger partial charge in [0.15, 0.2) is 0 Å². The van der Waals surface area contributed by atoms with Crippen LogP contribution in [0.2, 0.25) is 0 Å². The molecule has 1 saturated carbocycles. The Morgan fingerprint density at radius 3 is 2.46 bits per heavy atom. The maximum Gasteiger partial charge on any atom is 0.136 e. The number of carbonyl (C=O) groups excluding carboxylic acids is 1. The normalized spacial score (nSPS) is 37.2. The summed E-state index contributed by atoms with van der Waals surface area (Å²) in [4.78, 5) is 16.8. The Hall–Kier alpha value is -1.39. The van der Waals surface area contributed by atoms with E-state index in [2.05, 4.69) is 55.0 Å². The maximum atomic E-state index is 12.4. The van der Waals surface area contributed by atoms with Crippen molar-refractivity contribution in [3.8, 4) is 0 Å². The van der Waals surface area contributed by atoms with Crippen molar-refractivity contribution in [3.63, 3.8) is 0 Å². The van der Waals surface area contributed by atoms with Crippen LogP contribution >= 0.6 is 0 Å². The zero-order valence-corrected chi connectivity index (χ0v) is 15.5. The van der Waals surface area contributed by atoms with Gasteiger partial charge in [-0.05, 0) is 38.1 Å². The number of anilines is 1. The number of nitrogens with zero attached hydrogens (tertiary/aromatic N) is 2. The number of Topliss-reactive ketones (excluding diaryl/α,β-unsaturated/α-hetero) is 1. The van der Waals surface area contributed by atoms with Gasteiger partial charge in [0.05, 0.1) is 5.60 Å². The Morgan fingerprint density at radius 1 is 1.25 bits per heavy atom. The third-order valence-corrected chi connectivity index (χ3v) is 6.53. The number of aliphatic hydroxyl groups is 1. The number of piperidine rings is 1. The average molecular weight is 330 g/mol. The maximum absolute atomic E-state index is 12.4. The van der Waals surface area contributed by atoms with Gasteiger partial charge in [-0.1, -0.05) is 19.1 Å². The van der Waals surface area contributed by atoms with Crippen LogP contribution < -0.4 is 4.90 Å². The predicted molar refractivity (Wildman–Crippen MR) is 97.5 cm³/mol. The molecule has 1 aliphatic heterocycles. The second-order valence-electron chi connectivity index (χ2n) is 8.38. The molecular weight excluding hydrogens is 300 g/mol. The summed E-state index contributed by atoms with van der Waals surface area (Å²) in [6.45, 7) is 5.13. The highest BCUT2D eigenvalue weighted by atomic mass is 16.3. The van der Waals surface area contributed by atoms with E-state index < -0.39 is 5.60 Å². The first-order valence-electron chi connectivity index (χ1n) is 8.88. The summed E-state index contributed by atoms with van der Waals surface area (Å²) >= 11 is 0. The number of hydrogen-bond donors (Lipinski definition) is 1. The van der Waals surface area contributed by atoms with Crippen molar-refractivity contribution in [2.24, 2.45) is 5.41 Å². The van der Waals surface area contributed by atoms with Crippen LogP contribution in [0.25, 0.3) is 0 Å². The molecule has 0 aromatic heterocycles. The second-order valence-corrected chi connectivity index (χ2v) is 8.38. The van der Waals surface area contributed by atoms with E-state index in [1.54, 1.807) is 0 Å². The van der Waals surface area contributed by atoms with E-state index in [0.717, 1.165) is 17.8 Å². The molecule has 0 radical (unpaired) electrons. The van der Waals surface area contributed by atoms with Crippen molar-refractivity contribution < 1.29 is 9.90 Å². The van der Waals surface area contributed by atoms with Crippen LogP contribution in [0.4, 0.5) is 5.69 Å². The van der Waals surface area contributed by atoms with Gasteiger partial charge in [-0.2, -0.15) is 0 Å². The van der Waals surface area contributed by atoms with Crippen molar-refractivity contribution in [1.29, 1.82) is 0 Å². The van der Waals surface area contributed by atoms with Gasteiger partial charge >= 0.3 is 0 Å². The number of benzene rings is 1. The predicted octanol–water partition coefficient (Wildman–Crippen LogP) is 2.66. The zero-order chi connectivity index (χ0) is 17.7. The van der Waals surface area contributed by atoms with Crippen LogP contribution in [0.5, 0.6) is 0 Å². The van der Waals surface area contributed by atoms with Crippen molar-refractivity contribution in [1.82, 2.24) is 4.90 Å². The molecule has 4 atom stereocenters. The molecule has 132 valence electrons. The van der Waals surface area contributed by atoms with Gasteiger partial charge in [0.2, 0.25) is 0 Å².